The van der Waals surface area contributed by atoms with E-state index >= 15 is 0 Å². The second-order valence-corrected chi connectivity index (χ2v) is 11.3. The first kappa shape index (κ1) is 28.6. The highest BCUT2D eigenvalue weighted by atomic mass is 32.1. The molecule has 1 saturated heterocycles. The molecule has 1 aliphatic heterocycles. The van der Waals surface area contributed by atoms with Gasteiger partial charge in [0.1, 0.15) is 10.5 Å². The molecule has 0 atom stereocenters. The molecule has 4 aromatic rings. The smallest absolute Gasteiger partial charge is 0.289 e. The molecule has 1 aliphatic rings. The van der Waals surface area contributed by atoms with Crippen LogP contribution in [-0.2, 0) is 9.59 Å². The molecule has 11 heteroatoms. The summed E-state index contributed by atoms with van der Waals surface area (Å²) in [6.45, 7) is 13.7. The summed E-state index contributed by atoms with van der Waals surface area (Å²) in [5, 5.41) is 18.6. The molecule has 3 heterocycles. The van der Waals surface area contributed by atoms with Gasteiger partial charge < -0.3 is 4.90 Å². The Balaban J connectivity index is 1.37. The van der Waals surface area contributed by atoms with Gasteiger partial charge in [0.05, 0.1) is 28.6 Å². The van der Waals surface area contributed by atoms with E-state index in [1.54, 1.807) is 36.4 Å². The van der Waals surface area contributed by atoms with Crippen LogP contribution >= 0.6 is 22.7 Å². The molecular weight excluding hydrogens is 567 g/mol. The highest BCUT2D eigenvalue weighted by Crippen LogP contribution is 2.38. The number of hydrogen-bond acceptors (Lipinski definition) is 9. The minimum atomic E-state index is -0.658. The maximum absolute atomic E-state index is 13.4. The van der Waals surface area contributed by atoms with Crippen molar-refractivity contribution in [2.24, 2.45) is 10.2 Å². The lowest BCUT2D eigenvalue weighted by molar-refractivity contribution is -0.115. The van der Waals surface area contributed by atoms with Crippen molar-refractivity contribution in [3.8, 4) is 6.07 Å². The fourth-order valence-corrected chi connectivity index (χ4v) is 6.48. The molecule has 0 spiro atoms. The van der Waals surface area contributed by atoms with Crippen molar-refractivity contribution in [2.75, 3.05) is 22.9 Å². The van der Waals surface area contributed by atoms with Crippen molar-refractivity contribution in [2.45, 2.75) is 26.7 Å². The molecular formula is C31H25N7O2S2. The Morgan fingerprint density at radius 2 is 1.88 bits per heavy atom. The van der Waals surface area contributed by atoms with Crippen LogP contribution in [0.2, 0.25) is 0 Å². The molecule has 0 radical (unpaired) electrons. The third-order valence-electron chi connectivity index (χ3n) is 6.59. The van der Waals surface area contributed by atoms with Crippen molar-refractivity contribution in [3.05, 3.63) is 93.9 Å². The van der Waals surface area contributed by atoms with Gasteiger partial charge in [-0.05, 0) is 61.9 Å². The van der Waals surface area contributed by atoms with Crippen LogP contribution in [0.3, 0.4) is 0 Å². The number of para-hydroxylation sites is 1. The number of thiazole rings is 1. The maximum atomic E-state index is 13.4. The molecule has 42 heavy (non-hydrogen) atoms. The van der Waals surface area contributed by atoms with Crippen molar-refractivity contribution < 1.29 is 9.59 Å². The second-order valence-electron chi connectivity index (χ2n) is 9.25. The third-order valence-corrected chi connectivity index (χ3v) is 8.58. The summed E-state index contributed by atoms with van der Waals surface area (Å²) < 4.78 is 0.845. The maximum Gasteiger partial charge on any atom is 0.289 e. The number of amides is 1. The number of fused-ring (bicyclic) bond motifs is 1. The number of allylic oxidation sites excluding steroid dienone is 2. The van der Waals surface area contributed by atoms with E-state index in [2.05, 4.69) is 50.9 Å². The predicted molar refractivity (Wildman–Crippen MR) is 167 cm³/mol. The van der Waals surface area contributed by atoms with Crippen molar-refractivity contribution in [1.82, 2.24) is 4.98 Å². The topological polar surface area (TPSA) is 106 Å². The van der Waals surface area contributed by atoms with Crippen LogP contribution in [0.15, 0.2) is 87.9 Å². The molecule has 9 nitrogen and oxygen atoms in total. The number of Topliss-reactive ketones (excluding diaryl/α,β-unsaturated/α-hetero) is 1. The SMILES string of the molecule is [C-]#[N+]/C(C#N)=C1/C(=O)/C(=C\c2cc3sc(N=Nc4ccc(N(CC)CCCC)cc4)nc3s2)C(=O)N1c1ccccc1. The Kier molecular flexibility index (Phi) is 8.63. The average molecular weight is 592 g/mol. The van der Waals surface area contributed by atoms with Gasteiger partial charge in [0.25, 0.3) is 11.6 Å². The van der Waals surface area contributed by atoms with Gasteiger partial charge in [0, 0.05) is 29.3 Å². The van der Waals surface area contributed by atoms with Gasteiger partial charge in [-0.3, -0.25) is 14.5 Å². The molecule has 2 aromatic carbocycles. The number of carbonyl (C=O) groups is 2. The van der Waals surface area contributed by atoms with Crippen LogP contribution in [0, 0.1) is 17.9 Å². The Morgan fingerprint density at radius 3 is 2.52 bits per heavy atom. The van der Waals surface area contributed by atoms with E-state index in [1.165, 1.54) is 28.7 Å². The first-order chi connectivity index (χ1) is 20.5. The zero-order chi connectivity index (χ0) is 29.6. The van der Waals surface area contributed by atoms with E-state index in [9.17, 15) is 14.9 Å². The van der Waals surface area contributed by atoms with Gasteiger partial charge >= 0.3 is 0 Å². The molecule has 5 rings (SSSR count). The molecule has 0 saturated carbocycles. The van der Waals surface area contributed by atoms with Gasteiger partial charge in [-0.15, -0.1) is 21.6 Å². The van der Waals surface area contributed by atoms with Gasteiger partial charge in [0.2, 0.25) is 10.9 Å². The van der Waals surface area contributed by atoms with Crippen molar-refractivity contribution in [1.29, 1.82) is 5.26 Å². The molecule has 0 aliphatic carbocycles. The summed E-state index contributed by atoms with van der Waals surface area (Å²) in [6, 6.07) is 20.1. The number of unbranched alkanes of at least 4 members (excludes halogenated alkanes) is 1. The van der Waals surface area contributed by atoms with E-state index < -0.39 is 17.4 Å². The quantitative estimate of drug-likeness (QED) is 0.0643. The highest BCUT2D eigenvalue weighted by Gasteiger charge is 2.42. The fraction of sp³-hybridized carbons (Fsp3) is 0.194. The molecule has 0 bridgehead atoms. The first-order valence-corrected chi connectivity index (χ1v) is 15.0. The van der Waals surface area contributed by atoms with Crippen LogP contribution in [0.25, 0.3) is 20.5 Å². The zero-order valence-electron chi connectivity index (χ0n) is 22.9. The summed E-state index contributed by atoms with van der Waals surface area (Å²) in [5.74, 6) is -1.25. The van der Waals surface area contributed by atoms with Crippen LogP contribution in [0.4, 0.5) is 22.2 Å². The summed E-state index contributed by atoms with van der Waals surface area (Å²) in [6.07, 6.45) is 3.80. The number of ketones is 1. The van der Waals surface area contributed by atoms with Gasteiger partial charge in [0.15, 0.2) is 0 Å². The minimum Gasteiger partial charge on any atom is -0.372 e. The Morgan fingerprint density at radius 1 is 1.12 bits per heavy atom. The number of rotatable bonds is 9. The predicted octanol–water partition coefficient (Wildman–Crippen LogP) is 8.05. The van der Waals surface area contributed by atoms with E-state index in [0.717, 1.165) is 46.9 Å². The number of hydrogen-bond donors (Lipinski definition) is 0. The first-order valence-electron chi connectivity index (χ1n) is 13.3. The molecule has 0 unspecified atom stereocenters. The number of thiophene rings is 1. The Bertz CT molecular complexity index is 1770. The van der Waals surface area contributed by atoms with Crippen LogP contribution in [0.1, 0.15) is 31.6 Å². The largest absolute Gasteiger partial charge is 0.372 e. The molecule has 208 valence electrons. The van der Waals surface area contributed by atoms with Crippen LogP contribution in [-0.4, -0.2) is 29.8 Å². The summed E-state index contributed by atoms with van der Waals surface area (Å²) in [7, 11) is 0. The van der Waals surface area contributed by atoms with Gasteiger partial charge in [-0.25, -0.2) is 15.1 Å². The third kappa shape index (κ3) is 5.75. The Labute approximate surface area is 251 Å². The summed E-state index contributed by atoms with van der Waals surface area (Å²) in [4.78, 5) is 39.2. The van der Waals surface area contributed by atoms with Crippen molar-refractivity contribution in [3.63, 3.8) is 0 Å². The molecule has 1 fully saturated rings. The monoisotopic (exact) mass is 591 g/mol. The zero-order valence-corrected chi connectivity index (χ0v) is 24.6. The molecule has 1 amide bonds. The number of nitrogens with zero attached hydrogens (tertiary/aromatic N) is 7. The lowest BCUT2D eigenvalue weighted by Crippen LogP contribution is -2.24. The number of benzene rings is 2. The lowest BCUT2D eigenvalue weighted by atomic mass is 10.1. The second kappa shape index (κ2) is 12.7. The average Bonchev–Trinajstić information content (AvgIpc) is 3.65. The van der Waals surface area contributed by atoms with Gasteiger partial charge in [-0.1, -0.05) is 42.9 Å². The summed E-state index contributed by atoms with van der Waals surface area (Å²) in [5.41, 5.74) is 1.52. The number of carbonyl (C=O) groups excluding carboxylic acids is 2. The lowest BCUT2D eigenvalue weighted by Gasteiger charge is -2.22. The number of anilines is 2. The number of aromatic nitrogens is 1. The number of nitriles is 1. The fourth-order valence-electron chi connectivity index (χ4n) is 4.49. The number of azo groups is 1. The van der Waals surface area contributed by atoms with Gasteiger partial charge in [-0.2, -0.15) is 0 Å². The normalized spacial score (nSPS) is 15.5. The minimum absolute atomic E-state index is 0.112. The van der Waals surface area contributed by atoms with E-state index in [0.29, 0.717) is 20.5 Å². The molecule has 0 N–H and O–H groups in total. The molecule has 2 aromatic heterocycles. The van der Waals surface area contributed by atoms with Crippen LogP contribution < -0.4 is 9.80 Å². The van der Waals surface area contributed by atoms with Crippen LogP contribution in [0.5, 0.6) is 0 Å². The Hall–Kier alpha value is -4.97. The van der Waals surface area contributed by atoms with E-state index in [-0.39, 0.29) is 11.3 Å². The van der Waals surface area contributed by atoms with E-state index in [1.807, 2.05) is 18.2 Å². The standard InChI is InChI=1S/C31H25N7O2S2/c1-4-6-16-37(5-2)21-14-12-20(13-15-21)35-36-31-34-29-26(42-31)18-23(41-29)17-24-28(39)27(25(19-32)33-3)38(30(24)40)22-10-8-7-9-11-22/h7-15,17-18H,4-6,16H2,1-2H3/b24-17+,27-25-,36-35?. The van der Waals surface area contributed by atoms with Crippen molar-refractivity contribution >= 4 is 72.2 Å². The highest BCUT2D eigenvalue weighted by molar-refractivity contribution is 7.29. The summed E-state index contributed by atoms with van der Waals surface area (Å²) >= 11 is 2.67. The van der Waals surface area contributed by atoms with E-state index in [4.69, 9.17) is 6.57 Å².